The minimum absolute atomic E-state index is 0.0227. The largest absolute Gasteiger partial charge is 0.481 e. The summed E-state index contributed by atoms with van der Waals surface area (Å²) in [7, 11) is 0. The average Bonchev–Trinajstić information content (AvgIpc) is 3.11. The molecule has 27 heavy (non-hydrogen) atoms. The van der Waals surface area contributed by atoms with Gasteiger partial charge in [-0.2, -0.15) is 0 Å². The Morgan fingerprint density at radius 1 is 1.07 bits per heavy atom. The third-order valence-electron chi connectivity index (χ3n) is 5.19. The first-order chi connectivity index (χ1) is 12.8. The normalized spacial score (nSPS) is 22.1. The SMILES string of the molecule is O=C(O)CCN1Cc2cc3c(cc2C1)C(=O)N(C1CCC(=O)NC1=O)C3=O. The zero-order chi connectivity index (χ0) is 19.3. The fourth-order valence-electron chi connectivity index (χ4n) is 3.85. The second kappa shape index (κ2) is 6.27. The fraction of sp³-hybridized carbons (Fsp3) is 0.389. The van der Waals surface area contributed by atoms with Gasteiger partial charge in [0.1, 0.15) is 6.04 Å². The summed E-state index contributed by atoms with van der Waals surface area (Å²) in [6.07, 6.45) is 0.229. The number of amides is 4. The lowest BCUT2D eigenvalue weighted by atomic mass is 10.0. The summed E-state index contributed by atoms with van der Waals surface area (Å²) in [5.74, 6) is -2.98. The van der Waals surface area contributed by atoms with Crippen molar-refractivity contribution in [3.05, 3.63) is 34.4 Å². The number of nitrogens with one attached hydrogen (secondary N) is 1. The van der Waals surface area contributed by atoms with E-state index in [-0.39, 0.29) is 30.4 Å². The summed E-state index contributed by atoms with van der Waals surface area (Å²) in [5.41, 5.74) is 2.27. The van der Waals surface area contributed by atoms with Crippen LogP contribution >= 0.6 is 0 Å². The maximum absolute atomic E-state index is 12.8. The van der Waals surface area contributed by atoms with Crippen molar-refractivity contribution >= 4 is 29.6 Å². The third-order valence-corrected chi connectivity index (χ3v) is 5.19. The number of piperidine rings is 1. The van der Waals surface area contributed by atoms with Crippen LogP contribution in [0.3, 0.4) is 0 Å². The van der Waals surface area contributed by atoms with E-state index in [0.717, 1.165) is 16.0 Å². The van der Waals surface area contributed by atoms with E-state index in [9.17, 15) is 24.0 Å². The molecule has 1 aromatic rings. The van der Waals surface area contributed by atoms with Crippen molar-refractivity contribution in [2.75, 3.05) is 6.54 Å². The number of rotatable bonds is 4. The monoisotopic (exact) mass is 371 g/mol. The molecule has 0 bridgehead atoms. The Balaban J connectivity index is 1.57. The van der Waals surface area contributed by atoms with Crippen LogP contribution in [0.1, 0.15) is 51.1 Å². The van der Waals surface area contributed by atoms with E-state index in [1.165, 1.54) is 0 Å². The molecule has 4 rings (SSSR count). The van der Waals surface area contributed by atoms with Gasteiger partial charge in [0.15, 0.2) is 0 Å². The van der Waals surface area contributed by atoms with Gasteiger partial charge in [0.25, 0.3) is 11.8 Å². The van der Waals surface area contributed by atoms with Crippen molar-refractivity contribution in [3.8, 4) is 0 Å². The minimum Gasteiger partial charge on any atom is -0.481 e. The maximum atomic E-state index is 12.8. The topological polar surface area (TPSA) is 124 Å². The van der Waals surface area contributed by atoms with E-state index < -0.39 is 35.6 Å². The Bertz CT molecular complexity index is 864. The number of imide groups is 2. The van der Waals surface area contributed by atoms with Gasteiger partial charge in [-0.15, -0.1) is 0 Å². The van der Waals surface area contributed by atoms with Gasteiger partial charge < -0.3 is 5.11 Å². The van der Waals surface area contributed by atoms with Gasteiger partial charge in [0.2, 0.25) is 11.8 Å². The van der Waals surface area contributed by atoms with Gasteiger partial charge in [0, 0.05) is 26.1 Å². The molecule has 140 valence electrons. The van der Waals surface area contributed by atoms with Crippen LogP contribution in [0.2, 0.25) is 0 Å². The molecule has 9 heteroatoms. The number of carbonyl (C=O) groups is 5. The first-order valence-electron chi connectivity index (χ1n) is 8.66. The van der Waals surface area contributed by atoms with Crippen molar-refractivity contribution in [2.45, 2.75) is 38.4 Å². The number of hydrogen-bond acceptors (Lipinski definition) is 6. The van der Waals surface area contributed by atoms with Gasteiger partial charge in [0.05, 0.1) is 17.5 Å². The Morgan fingerprint density at radius 3 is 2.19 bits per heavy atom. The van der Waals surface area contributed by atoms with Crippen LogP contribution in [-0.4, -0.2) is 57.1 Å². The van der Waals surface area contributed by atoms with Crippen molar-refractivity contribution in [1.29, 1.82) is 0 Å². The van der Waals surface area contributed by atoms with Crippen LogP contribution in [0, 0.1) is 0 Å². The number of nitrogens with zero attached hydrogens (tertiary/aromatic N) is 2. The molecule has 4 amide bonds. The molecule has 0 aromatic heterocycles. The number of hydrogen-bond donors (Lipinski definition) is 2. The molecule has 3 heterocycles. The van der Waals surface area contributed by atoms with Crippen LogP contribution in [0.25, 0.3) is 0 Å². The summed E-state index contributed by atoms with van der Waals surface area (Å²) in [6, 6.07) is 2.35. The molecule has 2 N–H and O–H groups in total. The van der Waals surface area contributed by atoms with Crippen LogP contribution in [0.15, 0.2) is 12.1 Å². The molecule has 9 nitrogen and oxygen atoms in total. The molecule has 0 spiro atoms. The smallest absolute Gasteiger partial charge is 0.304 e. The number of carbonyl (C=O) groups excluding carboxylic acids is 4. The van der Waals surface area contributed by atoms with E-state index in [4.69, 9.17) is 5.11 Å². The van der Waals surface area contributed by atoms with Crippen molar-refractivity contribution in [2.24, 2.45) is 0 Å². The zero-order valence-corrected chi connectivity index (χ0v) is 14.4. The van der Waals surface area contributed by atoms with Crippen LogP contribution in [0.5, 0.6) is 0 Å². The van der Waals surface area contributed by atoms with E-state index in [1.54, 1.807) is 12.1 Å². The van der Waals surface area contributed by atoms with Crippen LogP contribution in [-0.2, 0) is 27.5 Å². The number of fused-ring (bicyclic) bond motifs is 2. The van der Waals surface area contributed by atoms with Gasteiger partial charge >= 0.3 is 5.97 Å². The Hall–Kier alpha value is -3.07. The Kier molecular flexibility index (Phi) is 4.03. The molecule has 0 saturated carbocycles. The quantitative estimate of drug-likeness (QED) is 0.707. The molecular formula is C18H17N3O6. The van der Waals surface area contributed by atoms with Crippen molar-refractivity contribution in [1.82, 2.24) is 15.1 Å². The molecule has 1 atom stereocenters. The standard InChI is InChI=1S/C18H17N3O6/c22-14-2-1-13(16(25)19-14)21-17(26)11-5-9-7-20(4-3-15(23)24)8-10(9)6-12(11)18(21)27/h5-6,13H,1-4,7-8H2,(H,23,24)(H,19,22,25). The first kappa shape index (κ1) is 17.3. The highest BCUT2D eigenvalue weighted by molar-refractivity contribution is 6.23. The number of benzene rings is 1. The lowest BCUT2D eigenvalue weighted by Crippen LogP contribution is -2.54. The van der Waals surface area contributed by atoms with Gasteiger partial charge in [-0.1, -0.05) is 0 Å². The number of carboxylic acids is 1. The molecule has 1 unspecified atom stereocenters. The predicted octanol–water partition coefficient (Wildman–Crippen LogP) is -0.122. The second-order valence-electron chi connectivity index (χ2n) is 6.97. The van der Waals surface area contributed by atoms with E-state index in [0.29, 0.717) is 19.6 Å². The highest BCUT2D eigenvalue weighted by atomic mass is 16.4. The van der Waals surface area contributed by atoms with Crippen molar-refractivity contribution in [3.63, 3.8) is 0 Å². The van der Waals surface area contributed by atoms with Gasteiger partial charge in [-0.3, -0.25) is 39.1 Å². The number of carboxylic acid groups (broad SMARTS) is 1. The highest BCUT2D eigenvalue weighted by Gasteiger charge is 2.45. The lowest BCUT2D eigenvalue weighted by Gasteiger charge is -2.27. The average molecular weight is 371 g/mol. The Labute approximate surface area is 153 Å². The second-order valence-corrected chi connectivity index (χ2v) is 6.97. The molecule has 0 aliphatic carbocycles. The summed E-state index contributed by atoms with van der Waals surface area (Å²) in [4.78, 5) is 62.6. The van der Waals surface area contributed by atoms with E-state index in [1.807, 2.05) is 4.90 Å². The molecule has 1 saturated heterocycles. The molecule has 0 radical (unpaired) electrons. The van der Waals surface area contributed by atoms with Crippen LogP contribution in [0.4, 0.5) is 0 Å². The molecule has 1 aromatic carbocycles. The zero-order valence-electron chi connectivity index (χ0n) is 14.4. The Morgan fingerprint density at radius 2 is 1.67 bits per heavy atom. The van der Waals surface area contributed by atoms with Crippen molar-refractivity contribution < 1.29 is 29.1 Å². The van der Waals surface area contributed by atoms with Gasteiger partial charge in [-0.05, 0) is 29.7 Å². The first-order valence-corrected chi connectivity index (χ1v) is 8.66. The highest BCUT2D eigenvalue weighted by Crippen LogP contribution is 2.33. The lowest BCUT2D eigenvalue weighted by molar-refractivity contribution is -0.138. The minimum atomic E-state index is -0.975. The van der Waals surface area contributed by atoms with Gasteiger partial charge in [-0.25, -0.2) is 0 Å². The summed E-state index contributed by atoms with van der Waals surface area (Å²) in [6.45, 7) is 1.41. The summed E-state index contributed by atoms with van der Waals surface area (Å²) >= 11 is 0. The van der Waals surface area contributed by atoms with E-state index in [2.05, 4.69) is 5.32 Å². The predicted molar refractivity (Wildman–Crippen MR) is 89.5 cm³/mol. The maximum Gasteiger partial charge on any atom is 0.304 e. The van der Waals surface area contributed by atoms with E-state index >= 15 is 0 Å². The number of aliphatic carboxylic acids is 1. The summed E-state index contributed by atoms with van der Waals surface area (Å²) < 4.78 is 0. The third kappa shape index (κ3) is 2.89. The van der Waals surface area contributed by atoms with Crippen LogP contribution < -0.4 is 5.32 Å². The molecule has 3 aliphatic heterocycles. The summed E-state index contributed by atoms with van der Waals surface area (Å²) in [5, 5.41) is 11.0. The molecule has 3 aliphatic rings. The fourth-order valence-corrected chi connectivity index (χ4v) is 3.85. The molecule has 1 fully saturated rings. The molecular weight excluding hydrogens is 354 g/mol.